The molecule has 0 N–H and O–H groups in total. The van der Waals surface area contributed by atoms with Gasteiger partial charge in [-0.3, -0.25) is 19.7 Å². The van der Waals surface area contributed by atoms with E-state index in [0.29, 0.717) is 13.0 Å². The van der Waals surface area contributed by atoms with Crippen LogP contribution < -0.4 is 0 Å². The Hall–Kier alpha value is -2.44. The van der Waals surface area contributed by atoms with Crippen molar-refractivity contribution in [2.75, 3.05) is 13.2 Å². The maximum absolute atomic E-state index is 12.6. The van der Waals surface area contributed by atoms with Gasteiger partial charge >= 0.3 is 5.97 Å². The molecule has 1 rings (SSSR count). The van der Waals surface area contributed by atoms with Crippen molar-refractivity contribution in [2.45, 2.75) is 39.7 Å². The van der Waals surface area contributed by atoms with Crippen LogP contribution in [-0.2, 0) is 9.53 Å². The molecule has 1 atom stereocenters. The van der Waals surface area contributed by atoms with Gasteiger partial charge in [-0.2, -0.15) is 0 Å². The molecule has 1 unspecified atom stereocenters. The van der Waals surface area contributed by atoms with Crippen LogP contribution in [0.1, 0.15) is 44.0 Å². The van der Waals surface area contributed by atoms with Crippen molar-refractivity contribution in [1.29, 1.82) is 0 Å². The van der Waals surface area contributed by atoms with Gasteiger partial charge in [-0.1, -0.05) is 13.0 Å². The molecule has 1 aromatic carbocycles. The summed E-state index contributed by atoms with van der Waals surface area (Å²) in [7, 11) is 0. The van der Waals surface area contributed by atoms with Crippen molar-refractivity contribution >= 4 is 17.6 Å². The highest BCUT2D eigenvalue weighted by atomic mass is 16.6. The molecule has 1 aromatic rings. The minimum Gasteiger partial charge on any atom is -0.466 e. The van der Waals surface area contributed by atoms with E-state index < -0.39 is 4.92 Å². The van der Waals surface area contributed by atoms with Crippen LogP contribution in [0.2, 0.25) is 0 Å². The van der Waals surface area contributed by atoms with Gasteiger partial charge in [-0.25, -0.2) is 0 Å². The lowest BCUT2D eigenvalue weighted by Crippen LogP contribution is -2.40. The summed E-state index contributed by atoms with van der Waals surface area (Å²) < 4.78 is 4.88. The van der Waals surface area contributed by atoms with Gasteiger partial charge in [-0.05, 0) is 26.3 Å². The Morgan fingerprint density at radius 2 is 2.04 bits per heavy atom. The highest BCUT2D eigenvalue weighted by molar-refractivity contribution is 5.95. The molecule has 0 radical (unpaired) electrons. The van der Waals surface area contributed by atoms with E-state index in [2.05, 4.69) is 0 Å². The Labute approximate surface area is 135 Å². The third-order valence-electron chi connectivity index (χ3n) is 3.55. The lowest BCUT2D eigenvalue weighted by Gasteiger charge is -2.28. The minimum atomic E-state index is -0.539. The molecule has 0 saturated heterocycles. The highest BCUT2D eigenvalue weighted by Gasteiger charge is 2.22. The quantitative estimate of drug-likeness (QED) is 0.417. The summed E-state index contributed by atoms with van der Waals surface area (Å²) in [6, 6.07) is 5.52. The first kappa shape index (κ1) is 18.6. The smallest absolute Gasteiger partial charge is 0.307 e. The lowest BCUT2D eigenvalue weighted by atomic mass is 10.1. The number of nitro groups is 1. The summed E-state index contributed by atoms with van der Waals surface area (Å²) >= 11 is 0. The largest absolute Gasteiger partial charge is 0.466 e. The van der Waals surface area contributed by atoms with E-state index in [4.69, 9.17) is 4.74 Å². The minimum absolute atomic E-state index is 0.0869. The molecule has 0 aliphatic carbocycles. The van der Waals surface area contributed by atoms with Gasteiger partial charge < -0.3 is 9.64 Å². The van der Waals surface area contributed by atoms with Gasteiger partial charge in [0, 0.05) is 30.3 Å². The molecular weight excluding hydrogens is 300 g/mol. The number of benzene rings is 1. The van der Waals surface area contributed by atoms with Crippen molar-refractivity contribution in [3.63, 3.8) is 0 Å². The molecule has 0 aliphatic rings. The molecule has 0 fully saturated rings. The Balaban J connectivity index is 2.93. The van der Waals surface area contributed by atoms with Crippen LogP contribution in [0.5, 0.6) is 0 Å². The molecule has 0 spiro atoms. The van der Waals surface area contributed by atoms with Crippen molar-refractivity contribution < 1.29 is 19.2 Å². The zero-order valence-electron chi connectivity index (χ0n) is 13.7. The van der Waals surface area contributed by atoms with Gasteiger partial charge in [0.2, 0.25) is 0 Å². The number of nitro benzene ring substituents is 1. The first-order valence-electron chi connectivity index (χ1n) is 7.61. The monoisotopic (exact) mass is 322 g/mol. The summed E-state index contributed by atoms with van der Waals surface area (Å²) in [5, 5.41) is 10.8. The highest BCUT2D eigenvalue weighted by Crippen LogP contribution is 2.17. The summed E-state index contributed by atoms with van der Waals surface area (Å²) in [6.07, 6.45) is 0.808. The SMILES string of the molecule is CCOC(=O)CCN(C(=O)c1cccc([N+](=O)[O-])c1)C(C)CC. The number of rotatable bonds is 8. The van der Waals surface area contributed by atoms with Crippen molar-refractivity contribution in [3.05, 3.63) is 39.9 Å². The van der Waals surface area contributed by atoms with Gasteiger partial charge in [0.15, 0.2) is 0 Å². The molecule has 7 heteroatoms. The van der Waals surface area contributed by atoms with Gasteiger partial charge in [0.1, 0.15) is 0 Å². The number of carbonyl (C=O) groups excluding carboxylic acids is 2. The fraction of sp³-hybridized carbons (Fsp3) is 0.500. The van der Waals surface area contributed by atoms with E-state index in [-0.39, 0.29) is 42.1 Å². The van der Waals surface area contributed by atoms with Crippen LogP contribution in [-0.4, -0.2) is 40.9 Å². The van der Waals surface area contributed by atoms with Gasteiger partial charge in [-0.15, -0.1) is 0 Å². The average Bonchev–Trinajstić information content (AvgIpc) is 2.54. The van der Waals surface area contributed by atoms with Crippen molar-refractivity contribution in [1.82, 2.24) is 4.90 Å². The Bertz CT molecular complexity index is 573. The second-order valence-corrected chi connectivity index (χ2v) is 5.12. The number of hydrogen-bond acceptors (Lipinski definition) is 5. The van der Waals surface area contributed by atoms with E-state index in [9.17, 15) is 19.7 Å². The topological polar surface area (TPSA) is 89.8 Å². The number of hydrogen-bond donors (Lipinski definition) is 0. The maximum atomic E-state index is 12.6. The summed E-state index contributed by atoms with van der Waals surface area (Å²) in [5.41, 5.74) is 0.105. The second-order valence-electron chi connectivity index (χ2n) is 5.12. The molecule has 0 heterocycles. The predicted molar refractivity (Wildman–Crippen MR) is 85.1 cm³/mol. The normalized spacial score (nSPS) is 11.6. The summed E-state index contributed by atoms with van der Waals surface area (Å²) in [4.78, 5) is 36.0. The summed E-state index contributed by atoms with van der Waals surface area (Å²) in [5.74, 6) is -0.694. The molecule has 23 heavy (non-hydrogen) atoms. The zero-order valence-corrected chi connectivity index (χ0v) is 13.7. The number of ether oxygens (including phenoxy) is 1. The van der Waals surface area contributed by atoms with E-state index in [1.165, 1.54) is 24.3 Å². The lowest BCUT2D eigenvalue weighted by molar-refractivity contribution is -0.384. The maximum Gasteiger partial charge on any atom is 0.307 e. The predicted octanol–water partition coefficient (Wildman–Crippen LogP) is 2.79. The van der Waals surface area contributed by atoms with E-state index in [1.807, 2.05) is 13.8 Å². The molecular formula is C16H22N2O5. The number of carbonyl (C=O) groups is 2. The Morgan fingerprint density at radius 3 is 2.61 bits per heavy atom. The van der Waals surface area contributed by atoms with Crippen LogP contribution in [0.25, 0.3) is 0 Å². The molecule has 126 valence electrons. The number of esters is 1. The molecule has 1 amide bonds. The van der Waals surface area contributed by atoms with Crippen LogP contribution in [0.3, 0.4) is 0 Å². The molecule has 0 bridgehead atoms. The van der Waals surface area contributed by atoms with Crippen LogP contribution in [0.15, 0.2) is 24.3 Å². The number of non-ortho nitro benzene ring substituents is 1. The standard InChI is InChI=1S/C16H22N2O5/c1-4-12(3)17(10-9-15(19)23-5-2)16(20)13-7-6-8-14(11-13)18(21)22/h6-8,11-12H,4-5,9-10H2,1-3H3. The van der Waals surface area contributed by atoms with Gasteiger partial charge in [0.05, 0.1) is 18.0 Å². The third kappa shape index (κ3) is 5.36. The molecule has 7 nitrogen and oxygen atoms in total. The summed E-state index contributed by atoms with van der Waals surface area (Å²) in [6.45, 7) is 6.04. The average molecular weight is 322 g/mol. The Kier molecular flexibility index (Phi) is 7.18. The number of amides is 1. The molecule has 0 saturated carbocycles. The van der Waals surface area contributed by atoms with Crippen molar-refractivity contribution in [3.8, 4) is 0 Å². The zero-order chi connectivity index (χ0) is 17.4. The van der Waals surface area contributed by atoms with E-state index in [1.54, 1.807) is 11.8 Å². The van der Waals surface area contributed by atoms with Gasteiger partial charge in [0.25, 0.3) is 11.6 Å². The first-order chi connectivity index (χ1) is 10.9. The van der Waals surface area contributed by atoms with E-state index in [0.717, 1.165) is 0 Å². The fourth-order valence-electron chi connectivity index (χ4n) is 2.11. The van der Waals surface area contributed by atoms with E-state index >= 15 is 0 Å². The second kappa shape index (κ2) is 8.87. The van der Waals surface area contributed by atoms with Crippen molar-refractivity contribution in [2.24, 2.45) is 0 Å². The van der Waals surface area contributed by atoms with Crippen LogP contribution in [0, 0.1) is 10.1 Å². The fourth-order valence-corrected chi connectivity index (χ4v) is 2.11. The first-order valence-corrected chi connectivity index (χ1v) is 7.61. The Morgan fingerprint density at radius 1 is 1.35 bits per heavy atom. The molecule has 0 aliphatic heterocycles. The third-order valence-corrected chi connectivity index (χ3v) is 3.55. The number of nitrogens with zero attached hydrogens (tertiary/aromatic N) is 2. The van der Waals surface area contributed by atoms with Crippen LogP contribution >= 0.6 is 0 Å². The van der Waals surface area contributed by atoms with Crippen LogP contribution in [0.4, 0.5) is 5.69 Å². The molecule has 0 aromatic heterocycles.